The zero-order chi connectivity index (χ0) is 30.7. The van der Waals surface area contributed by atoms with Crippen LogP contribution >= 0.6 is 34.3 Å². The van der Waals surface area contributed by atoms with E-state index < -0.39 is 59.3 Å². The van der Waals surface area contributed by atoms with Crippen LogP contribution in [-0.2, 0) is 28.5 Å². The number of hydrogen-bond acceptors (Lipinski definition) is 13. The topological polar surface area (TPSA) is 151 Å². The molecule has 11 nitrogen and oxygen atoms in total. The lowest BCUT2D eigenvalue weighted by Gasteiger charge is -2.31. The second-order valence-electron chi connectivity index (χ2n) is 11.0. The smallest absolute Gasteiger partial charge is 0.358 e. The van der Waals surface area contributed by atoms with Gasteiger partial charge in [-0.3, -0.25) is 9.59 Å². The van der Waals surface area contributed by atoms with Crippen LogP contribution in [0, 0.1) is 5.92 Å². The fraction of sp³-hybridized carbons (Fsp3) is 0.630. The first-order valence-electron chi connectivity index (χ1n) is 13.1. The number of nitrogens with zero attached hydrogens (tertiary/aromatic N) is 2. The molecule has 5 atom stereocenters. The molecule has 0 fully saturated rings. The molecule has 5 unspecified atom stereocenters. The second-order valence-corrected chi connectivity index (χ2v) is 13.6. The number of ether oxygens (including phenoxy) is 4. The van der Waals surface area contributed by atoms with Crippen LogP contribution in [-0.4, -0.2) is 61.6 Å². The Morgan fingerprint density at radius 3 is 2.29 bits per heavy atom. The molecule has 0 radical (unpaired) electrons. The van der Waals surface area contributed by atoms with E-state index in [4.69, 9.17) is 30.5 Å². The van der Waals surface area contributed by atoms with Crippen molar-refractivity contribution in [2.45, 2.75) is 103 Å². The lowest BCUT2D eigenvalue weighted by molar-refractivity contribution is -0.171. The Balaban J connectivity index is 2.10. The summed E-state index contributed by atoms with van der Waals surface area (Å²) < 4.78 is 22.7. The van der Waals surface area contributed by atoms with Crippen molar-refractivity contribution in [1.82, 2.24) is 9.97 Å². The number of hydrogen-bond donors (Lipinski definition) is 1. The molecule has 0 spiro atoms. The van der Waals surface area contributed by atoms with Gasteiger partial charge in [0, 0.05) is 23.1 Å². The Morgan fingerprint density at radius 2 is 1.71 bits per heavy atom. The fourth-order valence-corrected chi connectivity index (χ4v) is 6.22. The zero-order valence-corrected chi connectivity index (χ0v) is 26.4. The van der Waals surface area contributed by atoms with Gasteiger partial charge >= 0.3 is 23.9 Å². The summed E-state index contributed by atoms with van der Waals surface area (Å²) in [6.45, 7) is 10.6. The van der Waals surface area contributed by atoms with Crippen LogP contribution in [0.15, 0.2) is 10.8 Å². The number of rotatable bonds is 6. The van der Waals surface area contributed by atoms with Crippen LogP contribution in [0.1, 0.15) is 111 Å². The van der Waals surface area contributed by atoms with E-state index in [9.17, 15) is 24.3 Å². The van der Waals surface area contributed by atoms with Crippen molar-refractivity contribution >= 4 is 58.2 Å². The molecule has 0 saturated carbocycles. The highest BCUT2D eigenvalue weighted by molar-refractivity contribution is 7.10. The van der Waals surface area contributed by atoms with E-state index >= 15 is 0 Å². The molecule has 0 amide bonds. The Labute approximate surface area is 251 Å². The van der Waals surface area contributed by atoms with Gasteiger partial charge in [-0.05, 0) is 60.8 Å². The number of halogens is 1. The van der Waals surface area contributed by atoms with E-state index in [0.29, 0.717) is 19.3 Å². The van der Waals surface area contributed by atoms with Crippen LogP contribution in [0.2, 0.25) is 0 Å². The van der Waals surface area contributed by atoms with Crippen LogP contribution < -0.4 is 0 Å². The maximum absolute atomic E-state index is 13.3. The first-order chi connectivity index (χ1) is 19.0. The maximum Gasteiger partial charge on any atom is 0.358 e. The van der Waals surface area contributed by atoms with Crippen molar-refractivity contribution in [2.75, 3.05) is 0 Å². The van der Waals surface area contributed by atoms with Crippen LogP contribution in [0.3, 0.4) is 0 Å². The molecule has 0 aliphatic carbocycles. The maximum atomic E-state index is 13.3. The number of fused-ring (bicyclic) bond motifs is 4. The number of aromatic nitrogens is 2. The molecule has 0 aromatic carbocycles. The van der Waals surface area contributed by atoms with Gasteiger partial charge in [0.2, 0.25) is 0 Å². The number of alkyl halides is 1. The largest absolute Gasteiger partial charge is 0.457 e. The number of aliphatic hydroxyl groups is 1. The molecule has 14 heteroatoms. The summed E-state index contributed by atoms with van der Waals surface area (Å²) in [5.41, 5.74) is -3.16. The average molecular weight is 631 g/mol. The molecule has 1 N–H and O–H groups in total. The number of cyclic esters (lactones) is 3. The van der Waals surface area contributed by atoms with Crippen molar-refractivity contribution in [1.29, 1.82) is 0 Å². The fourth-order valence-electron chi connectivity index (χ4n) is 4.09. The molecule has 41 heavy (non-hydrogen) atoms. The summed E-state index contributed by atoms with van der Waals surface area (Å²) in [5.74, 6) is -3.93. The summed E-state index contributed by atoms with van der Waals surface area (Å²) in [7, 11) is 0. The van der Waals surface area contributed by atoms with Crippen LogP contribution in [0.5, 0.6) is 0 Å². The summed E-state index contributed by atoms with van der Waals surface area (Å²) in [4.78, 5) is 60.3. The SMILES string of the molecule is CC(=O)OC1c2nc(cs2)C(=O)OC(CCCC(C)Cl)C(C)C(=O)OC(C(C)(C)O)c2nc(cs2)C(=O)OC1(C)C. The van der Waals surface area contributed by atoms with E-state index in [-0.39, 0.29) is 26.8 Å². The van der Waals surface area contributed by atoms with Crippen LogP contribution in [0.4, 0.5) is 0 Å². The van der Waals surface area contributed by atoms with Gasteiger partial charge in [-0.1, -0.05) is 0 Å². The van der Waals surface area contributed by atoms with E-state index in [1.54, 1.807) is 6.92 Å². The van der Waals surface area contributed by atoms with Gasteiger partial charge < -0.3 is 24.1 Å². The molecule has 1 aliphatic heterocycles. The molecular formula is C27H35ClN2O9S2. The number of carbonyl (C=O) groups excluding carboxylic acids is 4. The zero-order valence-electron chi connectivity index (χ0n) is 24.0. The van der Waals surface area contributed by atoms with E-state index in [2.05, 4.69) is 9.97 Å². The third kappa shape index (κ3) is 8.46. The highest BCUT2D eigenvalue weighted by atomic mass is 35.5. The minimum Gasteiger partial charge on any atom is -0.457 e. The summed E-state index contributed by atoms with van der Waals surface area (Å²) >= 11 is 8.14. The highest BCUT2D eigenvalue weighted by Crippen LogP contribution is 2.37. The van der Waals surface area contributed by atoms with Crippen molar-refractivity contribution in [3.05, 3.63) is 32.2 Å². The van der Waals surface area contributed by atoms with Gasteiger partial charge in [0.25, 0.3) is 0 Å². The first kappa shape index (κ1) is 32.9. The van der Waals surface area contributed by atoms with Crippen LogP contribution in [0.25, 0.3) is 0 Å². The first-order valence-corrected chi connectivity index (χ1v) is 15.3. The Bertz CT molecular complexity index is 1270. The van der Waals surface area contributed by atoms with Crippen molar-refractivity contribution in [2.24, 2.45) is 5.92 Å². The molecule has 3 heterocycles. The third-order valence-electron chi connectivity index (χ3n) is 6.34. The van der Waals surface area contributed by atoms with Gasteiger partial charge in [0.05, 0.1) is 5.92 Å². The van der Waals surface area contributed by atoms with Crippen molar-refractivity contribution < 1.29 is 43.2 Å². The highest BCUT2D eigenvalue weighted by Gasteiger charge is 2.42. The molecule has 4 bridgehead atoms. The van der Waals surface area contributed by atoms with Gasteiger partial charge in [-0.25, -0.2) is 19.6 Å². The Morgan fingerprint density at radius 1 is 1.12 bits per heavy atom. The third-order valence-corrected chi connectivity index (χ3v) is 8.33. The average Bonchev–Trinajstić information content (AvgIpc) is 3.53. The number of esters is 4. The molecular weight excluding hydrogens is 596 g/mol. The van der Waals surface area contributed by atoms with Gasteiger partial charge in [0.1, 0.15) is 21.7 Å². The molecule has 3 rings (SSSR count). The Hall–Kier alpha value is -2.61. The van der Waals surface area contributed by atoms with E-state index in [1.807, 2.05) is 6.92 Å². The lowest BCUT2D eigenvalue weighted by Crippen LogP contribution is -2.38. The molecule has 1 aliphatic rings. The predicted octanol–water partition coefficient (Wildman–Crippen LogP) is 5.17. The molecule has 2 aromatic rings. The number of thiazole rings is 2. The van der Waals surface area contributed by atoms with Crippen molar-refractivity contribution in [3.8, 4) is 0 Å². The predicted molar refractivity (Wildman–Crippen MR) is 151 cm³/mol. The van der Waals surface area contributed by atoms with Crippen molar-refractivity contribution in [3.63, 3.8) is 0 Å². The van der Waals surface area contributed by atoms with Gasteiger partial charge in [0.15, 0.2) is 29.2 Å². The molecule has 2 aromatic heterocycles. The minimum atomic E-state index is -1.58. The summed E-state index contributed by atoms with van der Waals surface area (Å²) in [6, 6.07) is 0. The number of carbonyl (C=O) groups is 4. The van der Waals surface area contributed by atoms with Gasteiger partial charge in [-0.2, -0.15) is 0 Å². The molecule has 226 valence electrons. The summed E-state index contributed by atoms with van der Waals surface area (Å²) in [6.07, 6.45) is -1.78. The quantitative estimate of drug-likeness (QED) is 0.256. The molecule has 0 saturated heterocycles. The normalized spacial score (nSPS) is 24.5. The van der Waals surface area contributed by atoms with E-state index in [0.717, 1.165) is 22.7 Å². The van der Waals surface area contributed by atoms with Gasteiger partial charge in [-0.15, -0.1) is 34.3 Å². The second kappa shape index (κ2) is 13.1. The Kier molecular flexibility index (Phi) is 10.5. The lowest BCUT2D eigenvalue weighted by atomic mass is 9.97. The monoisotopic (exact) mass is 630 g/mol. The standard InChI is InChI=1S/C27H35ClN2O9S2/c1-13(28)9-8-10-18-14(2)23(32)38-19(26(4,5)35)21-30-17(12-40-21)25(34)39-27(6,7)20(36-15(3)31)22-29-16(11-41-22)24(33)37-18/h11-14,18-20,35H,8-10H2,1-7H3. The minimum absolute atomic E-state index is 0.0667. The van der Waals surface area contributed by atoms with E-state index in [1.165, 1.54) is 45.4 Å². The summed E-state index contributed by atoms with van der Waals surface area (Å²) in [5, 5.41) is 14.0.